The first-order valence-electron chi connectivity index (χ1n) is 7.10. The number of thioether (sulfide) groups is 1. The van der Waals surface area contributed by atoms with Gasteiger partial charge in [-0.05, 0) is 36.1 Å². The summed E-state index contributed by atoms with van der Waals surface area (Å²) in [5.74, 6) is 1.60. The minimum atomic E-state index is 0.308. The highest BCUT2D eigenvalue weighted by molar-refractivity contribution is 8.14. The first-order chi connectivity index (χ1) is 10.3. The molecule has 0 amide bonds. The molecule has 112 valence electrons. The van der Waals surface area contributed by atoms with Crippen LogP contribution >= 0.6 is 11.8 Å². The predicted octanol–water partition coefficient (Wildman–Crippen LogP) is 2.94. The average Bonchev–Trinajstić information content (AvgIpc) is 2.94. The third kappa shape index (κ3) is 2.62. The van der Waals surface area contributed by atoms with Crippen LogP contribution < -0.4 is 14.8 Å². The quantitative estimate of drug-likeness (QED) is 0.869. The van der Waals surface area contributed by atoms with E-state index in [-0.39, 0.29) is 0 Å². The van der Waals surface area contributed by atoms with Crippen molar-refractivity contribution in [3.63, 3.8) is 0 Å². The second-order valence-corrected chi connectivity index (χ2v) is 6.39. The minimum Gasteiger partial charge on any atom is -0.493 e. The van der Waals surface area contributed by atoms with E-state index in [1.807, 2.05) is 17.8 Å². The van der Waals surface area contributed by atoms with E-state index in [0.29, 0.717) is 17.8 Å². The highest BCUT2D eigenvalue weighted by Crippen LogP contribution is 2.45. The van der Waals surface area contributed by atoms with Gasteiger partial charge in [-0.2, -0.15) is 0 Å². The van der Waals surface area contributed by atoms with Gasteiger partial charge in [-0.1, -0.05) is 17.8 Å². The minimum absolute atomic E-state index is 0.308. The Balaban J connectivity index is 1.93. The van der Waals surface area contributed by atoms with Crippen molar-refractivity contribution >= 4 is 16.9 Å². The molecule has 1 aliphatic heterocycles. The van der Waals surface area contributed by atoms with E-state index in [1.54, 1.807) is 14.2 Å². The second kappa shape index (κ2) is 6.02. The van der Waals surface area contributed by atoms with Crippen molar-refractivity contribution in [2.24, 2.45) is 4.99 Å². The summed E-state index contributed by atoms with van der Waals surface area (Å²) in [7, 11) is 3.36. The lowest BCUT2D eigenvalue weighted by Gasteiger charge is -2.28. The lowest BCUT2D eigenvalue weighted by atomic mass is 9.87. The number of fused-ring (bicyclic) bond motifs is 3. The molecule has 1 fully saturated rings. The van der Waals surface area contributed by atoms with E-state index in [4.69, 9.17) is 9.47 Å². The number of nitrogens with zero attached hydrogens (tertiary/aromatic N) is 1. The molecule has 1 heterocycles. The summed E-state index contributed by atoms with van der Waals surface area (Å²) in [4.78, 5) is 4.51. The van der Waals surface area contributed by atoms with Crippen molar-refractivity contribution < 1.29 is 9.47 Å². The molecule has 1 N–H and O–H groups in total. The molecule has 2 atom stereocenters. The molecule has 2 aliphatic rings. The smallest absolute Gasteiger partial charge is 0.161 e. The van der Waals surface area contributed by atoms with Crippen molar-refractivity contribution in [1.29, 1.82) is 0 Å². The molecule has 1 aromatic rings. The van der Waals surface area contributed by atoms with Gasteiger partial charge in [0.05, 0.1) is 26.8 Å². The molecule has 1 saturated heterocycles. The van der Waals surface area contributed by atoms with Gasteiger partial charge in [0.15, 0.2) is 16.7 Å². The van der Waals surface area contributed by atoms with Gasteiger partial charge >= 0.3 is 0 Å². The highest BCUT2D eigenvalue weighted by atomic mass is 32.2. The normalized spacial score (nSPS) is 25.0. The molecule has 1 aliphatic carbocycles. The molecule has 0 aromatic heterocycles. The first-order valence-corrected chi connectivity index (χ1v) is 7.98. The number of rotatable bonds is 4. The molecule has 21 heavy (non-hydrogen) atoms. The molecule has 1 aromatic carbocycles. The van der Waals surface area contributed by atoms with Crippen LogP contribution in [0, 0.1) is 0 Å². The van der Waals surface area contributed by atoms with Crippen LogP contribution in [0.15, 0.2) is 29.8 Å². The van der Waals surface area contributed by atoms with Gasteiger partial charge in [-0.15, -0.1) is 6.58 Å². The van der Waals surface area contributed by atoms with Crippen LogP contribution in [0.2, 0.25) is 0 Å². The Morgan fingerprint density at radius 3 is 2.86 bits per heavy atom. The number of hydrogen-bond acceptors (Lipinski definition) is 4. The van der Waals surface area contributed by atoms with Gasteiger partial charge in [-0.3, -0.25) is 4.99 Å². The number of methoxy groups -OCH3 is 2. The summed E-state index contributed by atoms with van der Waals surface area (Å²) < 4.78 is 10.8. The van der Waals surface area contributed by atoms with Crippen LogP contribution in [-0.4, -0.2) is 31.2 Å². The summed E-state index contributed by atoms with van der Waals surface area (Å²) in [5, 5.41) is 5.10. The Kier molecular flexibility index (Phi) is 4.10. The zero-order valence-corrected chi connectivity index (χ0v) is 13.2. The van der Waals surface area contributed by atoms with Crippen molar-refractivity contribution in [3.8, 4) is 11.5 Å². The Morgan fingerprint density at radius 2 is 2.14 bits per heavy atom. The van der Waals surface area contributed by atoms with Gasteiger partial charge in [0.2, 0.25) is 0 Å². The molecule has 0 spiro atoms. The lowest BCUT2D eigenvalue weighted by Crippen LogP contribution is -2.28. The van der Waals surface area contributed by atoms with Crippen LogP contribution in [0.4, 0.5) is 0 Å². The van der Waals surface area contributed by atoms with E-state index in [0.717, 1.165) is 29.5 Å². The fraction of sp³-hybridized carbons (Fsp3) is 0.438. The molecule has 0 radical (unpaired) electrons. The molecule has 5 heteroatoms. The highest BCUT2D eigenvalue weighted by Gasteiger charge is 2.37. The number of aryl methyl sites for hydroxylation is 1. The first kappa shape index (κ1) is 14.3. The number of benzene rings is 1. The van der Waals surface area contributed by atoms with Crippen LogP contribution in [0.1, 0.15) is 23.6 Å². The number of hydrogen-bond donors (Lipinski definition) is 1. The molecule has 4 nitrogen and oxygen atoms in total. The van der Waals surface area contributed by atoms with Gasteiger partial charge in [0.1, 0.15) is 0 Å². The lowest BCUT2D eigenvalue weighted by molar-refractivity contribution is 0.352. The van der Waals surface area contributed by atoms with Crippen molar-refractivity contribution in [2.75, 3.05) is 20.8 Å². The molecule has 0 unspecified atom stereocenters. The predicted molar refractivity (Wildman–Crippen MR) is 87.6 cm³/mol. The molecule has 3 rings (SSSR count). The van der Waals surface area contributed by atoms with Gasteiger partial charge in [0, 0.05) is 5.25 Å². The fourth-order valence-electron chi connectivity index (χ4n) is 2.95. The third-order valence-corrected chi connectivity index (χ3v) is 5.24. The molecular formula is C16H20N2O2S. The zero-order chi connectivity index (χ0) is 14.8. The Labute approximate surface area is 129 Å². The van der Waals surface area contributed by atoms with Crippen LogP contribution in [0.25, 0.3) is 0 Å². The zero-order valence-electron chi connectivity index (χ0n) is 12.4. The van der Waals surface area contributed by atoms with Gasteiger partial charge < -0.3 is 14.8 Å². The number of nitrogens with one attached hydrogen (secondary N) is 1. The maximum absolute atomic E-state index is 5.44. The second-order valence-electron chi connectivity index (χ2n) is 5.16. The average molecular weight is 304 g/mol. The van der Waals surface area contributed by atoms with Crippen LogP contribution in [0.5, 0.6) is 11.5 Å². The summed E-state index contributed by atoms with van der Waals surface area (Å²) in [6.07, 6.45) is 4.04. The van der Waals surface area contributed by atoms with E-state index in [2.05, 4.69) is 29.0 Å². The van der Waals surface area contributed by atoms with Crippen LogP contribution in [-0.2, 0) is 6.42 Å². The molecule has 0 bridgehead atoms. The topological polar surface area (TPSA) is 42.9 Å². The fourth-order valence-corrected chi connectivity index (χ4v) is 4.16. The number of ether oxygens (including phenoxy) is 2. The van der Waals surface area contributed by atoms with E-state index in [9.17, 15) is 0 Å². The standard InChI is InChI=1S/C16H20N2O2S/c1-4-7-17-16-18-15-11-9-13(20-3)12(19-2)8-10(11)5-6-14(15)21-16/h4,8-9,14-15H,1,5-7H2,2-3H3,(H,17,18)/t14-,15-/m1/s1. The molecule has 0 saturated carbocycles. The third-order valence-electron chi connectivity index (χ3n) is 3.96. The molecular weight excluding hydrogens is 284 g/mol. The SMILES string of the molecule is C=CCN=C1N[C@@H]2c3cc(OC)c(OC)cc3CC[C@H]2S1. The summed E-state index contributed by atoms with van der Waals surface area (Å²) in [5.41, 5.74) is 2.65. The van der Waals surface area contributed by atoms with E-state index in [1.165, 1.54) is 11.1 Å². The van der Waals surface area contributed by atoms with Gasteiger partial charge in [-0.25, -0.2) is 0 Å². The van der Waals surface area contributed by atoms with Crippen molar-refractivity contribution in [1.82, 2.24) is 5.32 Å². The summed E-state index contributed by atoms with van der Waals surface area (Å²) >= 11 is 1.84. The maximum Gasteiger partial charge on any atom is 0.161 e. The van der Waals surface area contributed by atoms with E-state index < -0.39 is 0 Å². The Morgan fingerprint density at radius 1 is 1.38 bits per heavy atom. The van der Waals surface area contributed by atoms with E-state index >= 15 is 0 Å². The number of aliphatic imine (C=N–C) groups is 1. The Bertz CT molecular complexity index is 586. The number of amidine groups is 1. The Hall–Kier alpha value is -1.62. The van der Waals surface area contributed by atoms with Crippen molar-refractivity contribution in [2.45, 2.75) is 24.1 Å². The van der Waals surface area contributed by atoms with Gasteiger partial charge in [0.25, 0.3) is 0 Å². The monoisotopic (exact) mass is 304 g/mol. The summed E-state index contributed by atoms with van der Waals surface area (Å²) in [6, 6.07) is 4.52. The van der Waals surface area contributed by atoms with Crippen molar-refractivity contribution in [3.05, 3.63) is 35.9 Å². The largest absolute Gasteiger partial charge is 0.493 e. The maximum atomic E-state index is 5.44. The van der Waals surface area contributed by atoms with Crippen LogP contribution in [0.3, 0.4) is 0 Å². The summed E-state index contributed by atoms with van der Waals surface area (Å²) in [6.45, 7) is 4.38.